The van der Waals surface area contributed by atoms with Crippen molar-refractivity contribution in [2.75, 3.05) is 38.2 Å². The van der Waals surface area contributed by atoms with Crippen molar-refractivity contribution in [2.45, 2.75) is 12.6 Å². The molecule has 0 spiro atoms. The maximum Gasteiger partial charge on any atom is 0.433 e. The molecule has 37 heavy (non-hydrogen) atoms. The lowest BCUT2D eigenvalue weighted by Gasteiger charge is -2.36. The van der Waals surface area contributed by atoms with Gasteiger partial charge in [0.05, 0.1) is 30.6 Å². The van der Waals surface area contributed by atoms with Crippen LogP contribution in [0.25, 0.3) is 16.9 Å². The summed E-state index contributed by atoms with van der Waals surface area (Å²) in [5, 5.41) is 4.10. The predicted molar refractivity (Wildman–Crippen MR) is 137 cm³/mol. The van der Waals surface area contributed by atoms with Crippen LogP contribution in [-0.2, 0) is 17.4 Å². The number of carbonyl (C=O) groups excluding carboxylic acids is 1. The van der Waals surface area contributed by atoms with E-state index in [0.29, 0.717) is 31.7 Å². The molecule has 7 nitrogen and oxygen atoms in total. The number of para-hydroxylation sites is 2. The molecule has 0 atom stereocenters. The second-order valence-corrected chi connectivity index (χ2v) is 9.57. The summed E-state index contributed by atoms with van der Waals surface area (Å²) in [5.74, 6) is 0.576. The third-order valence-electron chi connectivity index (χ3n) is 6.30. The van der Waals surface area contributed by atoms with Crippen molar-refractivity contribution in [3.63, 3.8) is 0 Å². The molecule has 0 N–H and O–H groups in total. The Hall–Kier alpha value is -3.60. The van der Waals surface area contributed by atoms with Crippen molar-refractivity contribution in [3.8, 4) is 17.0 Å². The molecule has 11 heteroatoms. The van der Waals surface area contributed by atoms with E-state index in [2.05, 4.69) is 30.9 Å². The third kappa shape index (κ3) is 5.27. The molecule has 2 aromatic heterocycles. The van der Waals surface area contributed by atoms with E-state index >= 15 is 0 Å². The maximum absolute atomic E-state index is 13.9. The van der Waals surface area contributed by atoms with Crippen LogP contribution in [-0.4, -0.2) is 58.7 Å². The Kier molecular flexibility index (Phi) is 6.80. The van der Waals surface area contributed by atoms with Gasteiger partial charge in [-0.3, -0.25) is 4.79 Å². The van der Waals surface area contributed by atoms with Gasteiger partial charge in [0.2, 0.25) is 5.91 Å². The number of halogens is 4. The number of hydrogen-bond acceptors (Lipinski definition) is 5. The highest BCUT2D eigenvalue weighted by Gasteiger charge is 2.35. The van der Waals surface area contributed by atoms with Gasteiger partial charge in [-0.1, -0.05) is 40.2 Å². The number of rotatable bonds is 5. The smallest absolute Gasteiger partial charge is 0.433 e. The van der Waals surface area contributed by atoms with Gasteiger partial charge in [0, 0.05) is 42.3 Å². The van der Waals surface area contributed by atoms with E-state index in [4.69, 9.17) is 4.74 Å². The first-order valence-corrected chi connectivity index (χ1v) is 12.4. The van der Waals surface area contributed by atoms with Crippen LogP contribution in [0.2, 0.25) is 0 Å². The number of piperazine rings is 1. The summed E-state index contributed by atoms with van der Waals surface area (Å²) in [7, 11) is 1.62. The second kappa shape index (κ2) is 10.0. The lowest BCUT2D eigenvalue weighted by Crippen LogP contribution is -2.49. The minimum absolute atomic E-state index is 0.0385. The number of nitrogens with zero attached hydrogens (tertiary/aromatic N) is 5. The first-order chi connectivity index (χ1) is 17.7. The summed E-state index contributed by atoms with van der Waals surface area (Å²) in [6.45, 7) is 2.22. The quantitative estimate of drug-likeness (QED) is 0.333. The molecule has 1 aliphatic heterocycles. The minimum Gasteiger partial charge on any atom is -0.495 e. The number of benzene rings is 2. The van der Waals surface area contributed by atoms with Crippen LogP contribution in [0.1, 0.15) is 11.4 Å². The molecule has 0 unspecified atom stereocenters. The number of aromatic nitrogens is 3. The molecule has 5 rings (SSSR count). The number of amides is 1. The highest BCUT2D eigenvalue weighted by Crippen LogP contribution is 2.33. The van der Waals surface area contributed by atoms with Gasteiger partial charge in [0.1, 0.15) is 5.75 Å². The second-order valence-electron chi connectivity index (χ2n) is 8.65. The molecule has 0 bridgehead atoms. The van der Waals surface area contributed by atoms with Crippen molar-refractivity contribution in [1.82, 2.24) is 19.5 Å². The fourth-order valence-electron chi connectivity index (χ4n) is 4.43. The van der Waals surface area contributed by atoms with Crippen LogP contribution in [0.3, 0.4) is 0 Å². The number of fused-ring (bicyclic) bond motifs is 1. The van der Waals surface area contributed by atoms with Crippen LogP contribution in [0, 0.1) is 0 Å². The van der Waals surface area contributed by atoms with Gasteiger partial charge in [0.25, 0.3) is 0 Å². The molecule has 0 saturated carbocycles. The number of anilines is 1. The lowest BCUT2D eigenvalue weighted by atomic mass is 10.1. The summed E-state index contributed by atoms with van der Waals surface area (Å²) in [5.41, 5.74) is 1.02. The average molecular weight is 574 g/mol. The Morgan fingerprint density at radius 1 is 1.03 bits per heavy atom. The van der Waals surface area contributed by atoms with E-state index in [1.165, 1.54) is 6.07 Å². The number of hydrogen-bond donors (Lipinski definition) is 0. The summed E-state index contributed by atoms with van der Waals surface area (Å²) in [4.78, 5) is 21.2. The van der Waals surface area contributed by atoms with Gasteiger partial charge in [-0.15, -0.1) is 0 Å². The van der Waals surface area contributed by atoms with Gasteiger partial charge < -0.3 is 14.5 Å². The topological polar surface area (TPSA) is 63.0 Å². The molecule has 3 heterocycles. The first-order valence-electron chi connectivity index (χ1n) is 11.6. The van der Waals surface area contributed by atoms with Gasteiger partial charge in [0.15, 0.2) is 11.3 Å². The Morgan fingerprint density at radius 2 is 1.73 bits per heavy atom. The molecule has 1 saturated heterocycles. The summed E-state index contributed by atoms with van der Waals surface area (Å²) >= 11 is 3.33. The summed E-state index contributed by atoms with van der Waals surface area (Å²) < 4.78 is 48.7. The molecule has 1 fully saturated rings. The van der Waals surface area contributed by atoms with E-state index in [1.54, 1.807) is 36.3 Å². The normalized spacial score (nSPS) is 14.3. The van der Waals surface area contributed by atoms with E-state index in [-0.39, 0.29) is 29.4 Å². The highest BCUT2D eigenvalue weighted by molar-refractivity contribution is 9.10. The van der Waals surface area contributed by atoms with Crippen LogP contribution < -0.4 is 9.64 Å². The molecule has 4 aromatic rings. The largest absolute Gasteiger partial charge is 0.495 e. The monoisotopic (exact) mass is 573 g/mol. The Morgan fingerprint density at radius 3 is 2.41 bits per heavy atom. The number of ether oxygens (including phenoxy) is 1. The number of alkyl halides is 3. The molecular formula is C26H23BrF3N5O2. The van der Waals surface area contributed by atoms with Gasteiger partial charge >= 0.3 is 6.18 Å². The Bertz CT molecular complexity index is 1430. The summed E-state index contributed by atoms with van der Waals surface area (Å²) in [6.07, 6.45) is -4.75. The average Bonchev–Trinajstić information content (AvgIpc) is 3.30. The van der Waals surface area contributed by atoms with Crippen LogP contribution in [0.15, 0.2) is 65.1 Å². The maximum atomic E-state index is 13.9. The zero-order valence-electron chi connectivity index (χ0n) is 19.9. The van der Waals surface area contributed by atoms with Crippen LogP contribution in [0.4, 0.5) is 18.9 Å². The minimum atomic E-state index is -4.65. The standard InChI is InChI=1S/C26H23BrF3N5O2/c1-37-22-5-3-2-4-21(22)33-10-12-34(13-11-33)25(36)15-19-14-24-31-20(17-6-8-18(27)9-7-17)16-23(26(28,29)30)35(24)32-19/h2-9,14,16H,10-13,15H2,1H3. The van der Waals surface area contributed by atoms with E-state index < -0.39 is 11.9 Å². The SMILES string of the molecule is COc1ccccc1N1CCN(C(=O)Cc2cc3nc(-c4ccc(Br)cc4)cc(C(F)(F)F)n3n2)CC1. The third-order valence-corrected chi connectivity index (χ3v) is 6.83. The predicted octanol–water partition coefficient (Wildman–Crippen LogP) is 5.08. The van der Waals surface area contributed by atoms with Crippen LogP contribution >= 0.6 is 15.9 Å². The van der Waals surface area contributed by atoms with Gasteiger partial charge in [-0.2, -0.15) is 18.3 Å². The van der Waals surface area contributed by atoms with Crippen molar-refractivity contribution in [1.29, 1.82) is 0 Å². The Balaban J connectivity index is 1.34. The van der Waals surface area contributed by atoms with Gasteiger partial charge in [-0.05, 0) is 30.3 Å². The zero-order valence-corrected chi connectivity index (χ0v) is 21.5. The zero-order chi connectivity index (χ0) is 26.2. The lowest BCUT2D eigenvalue weighted by molar-refractivity contribution is -0.142. The van der Waals surface area contributed by atoms with Crippen molar-refractivity contribution >= 4 is 33.2 Å². The molecule has 0 aliphatic carbocycles. The highest BCUT2D eigenvalue weighted by atomic mass is 79.9. The molecular weight excluding hydrogens is 551 g/mol. The fourth-order valence-corrected chi connectivity index (χ4v) is 4.70. The van der Waals surface area contributed by atoms with E-state index in [9.17, 15) is 18.0 Å². The number of methoxy groups -OCH3 is 1. The first kappa shape index (κ1) is 25.1. The van der Waals surface area contributed by atoms with Gasteiger partial charge in [-0.25, -0.2) is 9.50 Å². The number of carbonyl (C=O) groups is 1. The molecule has 0 radical (unpaired) electrons. The fraction of sp³-hybridized carbons (Fsp3) is 0.269. The van der Waals surface area contributed by atoms with Crippen molar-refractivity contribution < 1.29 is 22.7 Å². The van der Waals surface area contributed by atoms with E-state index in [1.807, 2.05) is 24.3 Å². The van der Waals surface area contributed by atoms with Crippen molar-refractivity contribution in [3.05, 3.63) is 76.5 Å². The summed E-state index contributed by atoms with van der Waals surface area (Å²) in [6, 6.07) is 17.0. The molecule has 1 aliphatic rings. The molecule has 2 aromatic carbocycles. The molecule has 1 amide bonds. The Labute approximate surface area is 219 Å². The van der Waals surface area contributed by atoms with E-state index in [0.717, 1.165) is 26.5 Å². The van der Waals surface area contributed by atoms with Crippen molar-refractivity contribution in [2.24, 2.45) is 0 Å². The van der Waals surface area contributed by atoms with Crippen LogP contribution in [0.5, 0.6) is 5.75 Å². The molecule has 192 valence electrons.